The van der Waals surface area contributed by atoms with Crippen LogP contribution in [0.1, 0.15) is 57.1 Å². The van der Waals surface area contributed by atoms with Gasteiger partial charge in [0.2, 0.25) is 5.91 Å². The van der Waals surface area contributed by atoms with Gasteiger partial charge in [0, 0.05) is 44.6 Å². The minimum Gasteiger partial charge on any atom is -0.381 e. The topological polar surface area (TPSA) is 34.5 Å². The average molecular weight is 357 g/mol. The van der Waals surface area contributed by atoms with E-state index < -0.39 is 0 Å². The van der Waals surface area contributed by atoms with E-state index in [-0.39, 0.29) is 0 Å². The first-order valence-electron chi connectivity index (χ1n) is 10.5. The number of carbonyl (C=O) groups is 1. The number of hydrogen-bond donors (Lipinski definition) is 0. The fraction of sp³-hybridized carbons (Fsp3) is 0.682. The zero-order valence-electron chi connectivity index (χ0n) is 15.9. The molecule has 0 saturated heterocycles. The highest BCUT2D eigenvalue weighted by Crippen LogP contribution is 2.29. The number of ether oxygens (including phenoxy) is 1. The molecule has 1 fully saturated rings. The molecule has 2 heterocycles. The minimum absolute atomic E-state index is 0.302. The lowest BCUT2D eigenvalue weighted by molar-refractivity contribution is -0.131. The number of rotatable bonds is 7. The summed E-state index contributed by atoms with van der Waals surface area (Å²) in [5.74, 6) is 1.60. The third-order valence-corrected chi connectivity index (χ3v) is 6.05. The number of aromatic nitrogens is 1. The van der Waals surface area contributed by atoms with Crippen molar-refractivity contribution < 1.29 is 9.53 Å². The molecule has 0 unspecified atom stereocenters. The molecule has 1 amide bonds. The molecule has 3 aliphatic rings. The number of hydrogen-bond acceptors (Lipinski definition) is 2. The lowest BCUT2D eigenvalue weighted by atomic mass is 9.96. The molecule has 1 aromatic heterocycles. The van der Waals surface area contributed by atoms with E-state index in [1.807, 2.05) is 0 Å². The van der Waals surface area contributed by atoms with Crippen LogP contribution in [0.4, 0.5) is 0 Å². The van der Waals surface area contributed by atoms with Crippen LogP contribution in [0.5, 0.6) is 0 Å². The van der Waals surface area contributed by atoms with E-state index in [0.717, 1.165) is 58.0 Å². The van der Waals surface area contributed by atoms with E-state index in [2.05, 4.69) is 33.9 Å². The summed E-state index contributed by atoms with van der Waals surface area (Å²) in [6.45, 7) is 4.37. The Hall–Kier alpha value is -1.55. The Bertz CT molecular complexity index is 644. The standard InChI is InChI=1S/C22H32N2O2/c25-22(13-18-5-2-1-3-6-18)24-15-20(10-12-26-17-19-8-9-19)14-23-11-4-7-21(23)16-24/h4-5,7,11,19-20H,1-3,6,8-10,12-17H2/t20-/m1/s1. The van der Waals surface area contributed by atoms with Gasteiger partial charge in [0.05, 0.1) is 6.54 Å². The van der Waals surface area contributed by atoms with Gasteiger partial charge in [-0.3, -0.25) is 4.79 Å². The summed E-state index contributed by atoms with van der Waals surface area (Å²) in [6.07, 6.45) is 13.6. The molecule has 1 saturated carbocycles. The van der Waals surface area contributed by atoms with Gasteiger partial charge in [-0.15, -0.1) is 0 Å². The maximum atomic E-state index is 13.0. The maximum Gasteiger partial charge on any atom is 0.227 e. The molecule has 1 atom stereocenters. The number of allylic oxidation sites excluding steroid dienone is 1. The minimum atomic E-state index is 0.302. The second-order valence-corrected chi connectivity index (χ2v) is 8.38. The molecule has 4 heteroatoms. The molecule has 142 valence electrons. The van der Waals surface area contributed by atoms with Crippen molar-refractivity contribution in [2.45, 2.75) is 64.5 Å². The molecule has 1 aromatic rings. The summed E-state index contributed by atoms with van der Waals surface area (Å²) in [7, 11) is 0. The average Bonchev–Trinajstić information content (AvgIpc) is 3.41. The summed E-state index contributed by atoms with van der Waals surface area (Å²) >= 11 is 0. The second-order valence-electron chi connectivity index (χ2n) is 8.38. The van der Waals surface area contributed by atoms with Crippen molar-refractivity contribution in [2.75, 3.05) is 19.8 Å². The van der Waals surface area contributed by atoms with Gasteiger partial charge in [-0.25, -0.2) is 0 Å². The van der Waals surface area contributed by atoms with Crippen molar-refractivity contribution in [1.29, 1.82) is 0 Å². The summed E-state index contributed by atoms with van der Waals surface area (Å²) in [5.41, 5.74) is 2.61. The molecule has 2 aliphatic carbocycles. The smallest absolute Gasteiger partial charge is 0.227 e. The van der Waals surface area contributed by atoms with Crippen LogP contribution in [0.15, 0.2) is 30.0 Å². The van der Waals surface area contributed by atoms with Crippen molar-refractivity contribution in [3.8, 4) is 0 Å². The molecule has 0 radical (unpaired) electrons. The highest BCUT2D eigenvalue weighted by Gasteiger charge is 2.26. The van der Waals surface area contributed by atoms with Gasteiger partial charge >= 0.3 is 0 Å². The van der Waals surface area contributed by atoms with Gasteiger partial charge in [-0.05, 0) is 68.9 Å². The molecule has 1 aliphatic heterocycles. The Morgan fingerprint density at radius 1 is 1.19 bits per heavy atom. The Morgan fingerprint density at radius 3 is 2.92 bits per heavy atom. The number of carbonyl (C=O) groups excluding carboxylic acids is 1. The van der Waals surface area contributed by atoms with E-state index in [4.69, 9.17) is 4.74 Å². The third-order valence-electron chi connectivity index (χ3n) is 6.05. The largest absolute Gasteiger partial charge is 0.381 e. The molecule has 26 heavy (non-hydrogen) atoms. The Kier molecular flexibility index (Phi) is 5.78. The Morgan fingerprint density at radius 2 is 2.12 bits per heavy atom. The monoisotopic (exact) mass is 356 g/mol. The molecule has 0 spiro atoms. The van der Waals surface area contributed by atoms with Crippen molar-refractivity contribution in [3.63, 3.8) is 0 Å². The van der Waals surface area contributed by atoms with Gasteiger partial charge in [0.25, 0.3) is 0 Å². The van der Waals surface area contributed by atoms with Crippen LogP contribution in [0, 0.1) is 11.8 Å². The molecular weight excluding hydrogens is 324 g/mol. The van der Waals surface area contributed by atoms with Crippen LogP contribution in [0.3, 0.4) is 0 Å². The Labute approximate surface area is 157 Å². The van der Waals surface area contributed by atoms with Crippen LogP contribution in [-0.4, -0.2) is 35.1 Å². The van der Waals surface area contributed by atoms with Gasteiger partial charge < -0.3 is 14.2 Å². The first-order valence-corrected chi connectivity index (χ1v) is 10.5. The number of fused-ring (bicyclic) bond motifs is 1. The summed E-state index contributed by atoms with van der Waals surface area (Å²) in [4.78, 5) is 15.1. The predicted molar refractivity (Wildman–Crippen MR) is 103 cm³/mol. The molecule has 4 nitrogen and oxygen atoms in total. The van der Waals surface area contributed by atoms with Crippen LogP contribution in [0.25, 0.3) is 0 Å². The first-order chi connectivity index (χ1) is 12.8. The maximum absolute atomic E-state index is 13.0. The lowest BCUT2D eigenvalue weighted by Crippen LogP contribution is -2.34. The third kappa shape index (κ3) is 4.79. The molecule has 0 N–H and O–H groups in total. The SMILES string of the molecule is O=C(CC1=CCCCC1)N1Cc2cccn2C[C@@H](CCOCC2CC2)C1. The Balaban J connectivity index is 1.36. The van der Waals surface area contributed by atoms with Gasteiger partial charge in [0.1, 0.15) is 0 Å². The van der Waals surface area contributed by atoms with Crippen molar-refractivity contribution in [1.82, 2.24) is 9.47 Å². The van der Waals surface area contributed by atoms with Crippen LogP contribution in [-0.2, 0) is 22.6 Å². The summed E-state index contributed by atoms with van der Waals surface area (Å²) in [5, 5.41) is 0. The molecule has 0 aromatic carbocycles. The molecule has 4 rings (SSSR count). The summed E-state index contributed by atoms with van der Waals surface area (Å²) < 4.78 is 8.20. The van der Waals surface area contributed by atoms with E-state index in [1.165, 1.54) is 37.0 Å². The van der Waals surface area contributed by atoms with Crippen molar-refractivity contribution in [3.05, 3.63) is 35.7 Å². The van der Waals surface area contributed by atoms with E-state index in [1.54, 1.807) is 0 Å². The van der Waals surface area contributed by atoms with Gasteiger partial charge in [-0.2, -0.15) is 0 Å². The number of amides is 1. The molecule has 0 bridgehead atoms. The molecular formula is C22H32N2O2. The second kappa shape index (κ2) is 8.43. The van der Waals surface area contributed by atoms with E-state index >= 15 is 0 Å². The van der Waals surface area contributed by atoms with E-state index in [9.17, 15) is 4.79 Å². The van der Waals surface area contributed by atoms with Crippen LogP contribution < -0.4 is 0 Å². The van der Waals surface area contributed by atoms with Crippen molar-refractivity contribution in [2.24, 2.45) is 11.8 Å². The van der Waals surface area contributed by atoms with Crippen LogP contribution in [0.2, 0.25) is 0 Å². The fourth-order valence-electron chi connectivity index (χ4n) is 4.21. The quantitative estimate of drug-likeness (QED) is 0.543. The summed E-state index contributed by atoms with van der Waals surface area (Å²) in [6, 6.07) is 4.26. The lowest BCUT2D eigenvalue weighted by Gasteiger charge is -2.25. The first kappa shape index (κ1) is 17.8. The highest BCUT2D eigenvalue weighted by molar-refractivity contribution is 5.78. The zero-order valence-corrected chi connectivity index (χ0v) is 15.9. The fourth-order valence-corrected chi connectivity index (χ4v) is 4.21. The van der Waals surface area contributed by atoms with Gasteiger partial charge in [0.15, 0.2) is 0 Å². The zero-order chi connectivity index (χ0) is 17.8. The predicted octanol–water partition coefficient (Wildman–Crippen LogP) is 4.15. The number of nitrogens with zero attached hydrogens (tertiary/aromatic N) is 2. The van der Waals surface area contributed by atoms with Crippen LogP contribution >= 0.6 is 0 Å². The highest BCUT2D eigenvalue weighted by atomic mass is 16.5. The normalized spacial score (nSPS) is 23.3. The van der Waals surface area contributed by atoms with Gasteiger partial charge in [-0.1, -0.05) is 11.6 Å². The van der Waals surface area contributed by atoms with Crippen molar-refractivity contribution >= 4 is 5.91 Å². The van der Waals surface area contributed by atoms with E-state index in [0.29, 0.717) is 18.2 Å².